The Labute approximate surface area is 182 Å². The maximum Gasteiger partial charge on any atom is 0.318 e. The first kappa shape index (κ1) is 21.6. The van der Waals surface area contributed by atoms with E-state index in [-0.39, 0.29) is 24.2 Å². The molecule has 2 aromatic carbocycles. The summed E-state index contributed by atoms with van der Waals surface area (Å²) >= 11 is 0. The van der Waals surface area contributed by atoms with Gasteiger partial charge in [0.2, 0.25) is 0 Å². The quantitative estimate of drug-likeness (QED) is 0.713. The molecule has 1 saturated heterocycles. The summed E-state index contributed by atoms with van der Waals surface area (Å²) in [5, 5.41) is 3.10. The van der Waals surface area contributed by atoms with E-state index in [1.54, 1.807) is 4.90 Å². The maximum atomic E-state index is 14.3. The fourth-order valence-electron chi connectivity index (χ4n) is 3.75. The first-order chi connectivity index (χ1) is 15.0. The molecule has 7 heteroatoms. The molecule has 2 aliphatic rings. The van der Waals surface area contributed by atoms with Gasteiger partial charge >= 0.3 is 6.03 Å². The molecular formula is C24H29F2N3O2. The molecule has 0 bridgehead atoms. The van der Waals surface area contributed by atoms with E-state index in [4.69, 9.17) is 4.74 Å². The SMILES string of the molecule is CN1CCC(NC(=O)N(Cc2ccc(OC3CC3)cc2)Cc2ccc(F)cc2F)CC1. The van der Waals surface area contributed by atoms with Gasteiger partial charge in [-0.15, -0.1) is 0 Å². The second-order valence-electron chi connectivity index (χ2n) is 8.58. The van der Waals surface area contributed by atoms with E-state index in [2.05, 4.69) is 17.3 Å². The van der Waals surface area contributed by atoms with Crippen molar-refractivity contribution in [3.8, 4) is 5.75 Å². The lowest BCUT2D eigenvalue weighted by Crippen LogP contribution is -2.48. The molecule has 0 unspecified atom stereocenters. The van der Waals surface area contributed by atoms with Gasteiger partial charge in [0, 0.05) is 24.2 Å². The van der Waals surface area contributed by atoms with Gasteiger partial charge in [-0.25, -0.2) is 13.6 Å². The van der Waals surface area contributed by atoms with Gasteiger partial charge in [-0.05, 0) is 69.6 Å². The van der Waals surface area contributed by atoms with Crippen molar-refractivity contribution in [2.24, 2.45) is 0 Å². The van der Waals surface area contributed by atoms with E-state index in [9.17, 15) is 13.6 Å². The number of nitrogens with one attached hydrogen (secondary N) is 1. The molecule has 1 N–H and O–H groups in total. The van der Waals surface area contributed by atoms with Crippen molar-refractivity contribution in [3.63, 3.8) is 0 Å². The van der Waals surface area contributed by atoms with Crippen LogP contribution in [0, 0.1) is 11.6 Å². The zero-order valence-electron chi connectivity index (χ0n) is 17.8. The number of amides is 2. The molecule has 0 radical (unpaired) electrons. The van der Waals surface area contributed by atoms with Gasteiger partial charge in [0.1, 0.15) is 17.4 Å². The summed E-state index contributed by atoms with van der Waals surface area (Å²) in [7, 11) is 2.07. The highest BCUT2D eigenvalue weighted by molar-refractivity contribution is 5.74. The van der Waals surface area contributed by atoms with Gasteiger partial charge in [0.05, 0.1) is 12.6 Å². The largest absolute Gasteiger partial charge is 0.490 e. The standard InChI is InChI=1S/C24H29F2N3O2/c1-28-12-10-20(11-13-28)27-24(30)29(16-18-4-5-19(25)14-23(18)26)15-17-2-6-21(7-3-17)31-22-8-9-22/h2-7,14,20,22H,8-13,15-16H2,1H3,(H,27,30). The molecule has 1 heterocycles. The molecule has 166 valence electrons. The number of likely N-dealkylation sites (tertiary alicyclic amines) is 1. The molecule has 2 amide bonds. The third kappa shape index (κ3) is 6.17. The number of rotatable bonds is 7. The average molecular weight is 430 g/mol. The number of hydrogen-bond donors (Lipinski definition) is 1. The minimum Gasteiger partial charge on any atom is -0.490 e. The highest BCUT2D eigenvalue weighted by Crippen LogP contribution is 2.27. The van der Waals surface area contributed by atoms with Crippen LogP contribution in [0.15, 0.2) is 42.5 Å². The van der Waals surface area contributed by atoms with Crippen LogP contribution < -0.4 is 10.1 Å². The summed E-state index contributed by atoms with van der Waals surface area (Å²) in [5.74, 6) is -0.460. The molecule has 2 aromatic rings. The fourth-order valence-corrected chi connectivity index (χ4v) is 3.75. The van der Waals surface area contributed by atoms with Crippen molar-refractivity contribution >= 4 is 6.03 Å². The highest BCUT2D eigenvalue weighted by atomic mass is 19.1. The minimum absolute atomic E-state index is 0.0604. The number of hydrogen-bond acceptors (Lipinski definition) is 3. The van der Waals surface area contributed by atoms with Gasteiger partial charge in [0.25, 0.3) is 0 Å². The number of nitrogens with zero attached hydrogens (tertiary/aromatic N) is 2. The molecule has 1 aliphatic carbocycles. The number of ether oxygens (including phenoxy) is 1. The summed E-state index contributed by atoms with van der Waals surface area (Å²) in [6.07, 6.45) is 4.28. The summed E-state index contributed by atoms with van der Waals surface area (Å²) in [6.45, 7) is 2.24. The number of halogens is 2. The Morgan fingerprint density at radius 3 is 2.42 bits per heavy atom. The number of carbonyl (C=O) groups excluding carboxylic acids is 1. The normalized spacial score (nSPS) is 17.4. The molecule has 1 saturated carbocycles. The van der Waals surface area contributed by atoms with Crippen molar-refractivity contribution < 1.29 is 18.3 Å². The lowest BCUT2D eigenvalue weighted by molar-refractivity contribution is 0.175. The van der Waals surface area contributed by atoms with Gasteiger partial charge in [0.15, 0.2) is 0 Å². The number of carbonyl (C=O) groups is 1. The van der Waals surface area contributed by atoms with Gasteiger partial charge in [-0.1, -0.05) is 18.2 Å². The minimum atomic E-state index is -0.648. The van der Waals surface area contributed by atoms with E-state index >= 15 is 0 Å². The molecule has 5 nitrogen and oxygen atoms in total. The van der Waals surface area contributed by atoms with Gasteiger partial charge < -0.3 is 19.9 Å². The second-order valence-corrected chi connectivity index (χ2v) is 8.58. The molecule has 0 spiro atoms. The zero-order valence-corrected chi connectivity index (χ0v) is 17.8. The summed E-state index contributed by atoms with van der Waals surface area (Å²) in [6, 6.07) is 11.0. The third-order valence-corrected chi connectivity index (χ3v) is 5.83. The Balaban J connectivity index is 1.46. The Hall–Kier alpha value is -2.67. The Morgan fingerprint density at radius 2 is 1.77 bits per heavy atom. The summed E-state index contributed by atoms with van der Waals surface area (Å²) < 4.78 is 33.4. The van der Waals surface area contributed by atoms with Crippen LogP contribution in [0.5, 0.6) is 5.75 Å². The van der Waals surface area contributed by atoms with E-state index in [1.165, 1.54) is 12.1 Å². The van der Waals surface area contributed by atoms with Crippen molar-refractivity contribution in [2.45, 2.75) is 50.9 Å². The van der Waals surface area contributed by atoms with Crippen LogP contribution in [-0.2, 0) is 13.1 Å². The third-order valence-electron chi connectivity index (χ3n) is 5.83. The van der Waals surface area contributed by atoms with Crippen molar-refractivity contribution in [1.29, 1.82) is 0 Å². The number of piperidine rings is 1. The Kier molecular flexibility index (Phi) is 6.70. The highest BCUT2D eigenvalue weighted by Gasteiger charge is 2.24. The van der Waals surface area contributed by atoms with Crippen LogP contribution in [0.4, 0.5) is 13.6 Å². The van der Waals surface area contributed by atoms with Crippen LogP contribution >= 0.6 is 0 Å². The predicted octanol–water partition coefficient (Wildman–Crippen LogP) is 4.31. The Morgan fingerprint density at radius 1 is 1.06 bits per heavy atom. The average Bonchev–Trinajstić information content (AvgIpc) is 3.56. The molecule has 31 heavy (non-hydrogen) atoms. The van der Waals surface area contributed by atoms with E-state index in [0.717, 1.165) is 56.2 Å². The lowest BCUT2D eigenvalue weighted by atomic mass is 10.1. The van der Waals surface area contributed by atoms with Crippen LogP contribution in [0.3, 0.4) is 0 Å². The van der Waals surface area contributed by atoms with E-state index < -0.39 is 11.6 Å². The van der Waals surface area contributed by atoms with E-state index in [1.807, 2.05) is 24.3 Å². The lowest BCUT2D eigenvalue weighted by Gasteiger charge is -2.32. The predicted molar refractivity (Wildman–Crippen MR) is 115 cm³/mol. The van der Waals surface area contributed by atoms with Gasteiger partial charge in [-0.2, -0.15) is 0 Å². The van der Waals surface area contributed by atoms with E-state index in [0.29, 0.717) is 12.6 Å². The smallest absolute Gasteiger partial charge is 0.318 e. The summed E-state index contributed by atoms with van der Waals surface area (Å²) in [5.41, 5.74) is 1.21. The molecule has 4 rings (SSSR count). The number of urea groups is 1. The molecule has 0 atom stereocenters. The van der Waals surface area contributed by atoms with Crippen LogP contribution in [-0.4, -0.2) is 48.1 Å². The molecule has 0 aromatic heterocycles. The van der Waals surface area contributed by atoms with Gasteiger partial charge in [-0.3, -0.25) is 0 Å². The van der Waals surface area contributed by atoms with Crippen LogP contribution in [0.25, 0.3) is 0 Å². The first-order valence-electron chi connectivity index (χ1n) is 10.9. The molecule has 1 aliphatic heterocycles. The Bertz CT molecular complexity index is 894. The maximum absolute atomic E-state index is 14.3. The first-order valence-corrected chi connectivity index (χ1v) is 10.9. The molecular weight excluding hydrogens is 400 g/mol. The fraction of sp³-hybridized carbons (Fsp3) is 0.458. The number of benzene rings is 2. The second kappa shape index (κ2) is 9.64. The zero-order chi connectivity index (χ0) is 21.8. The van der Waals surface area contributed by atoms with Crippen LogP contribution in [0.2, 0.25) is 0 Å². The van der Waals surface area contributed by atoms with Crippen molar-refractivity contribution in [2.75, 3.05) is 20.1 Å². The summed E-state index contributed by atoms with van der Waals surface area (Å²) in [4.78, 5) is 16.9. The van der Waals surface area contributed by atoms with Crippen molar-refractivity contribution in [1.82, 2.24) is 15.1 Å². The van der Waals surface area contributed by atoms with Crippen molar-refractivity contribution in [3.05, 3.63) is 65.2 Å². The molecule has 2 fully saturated rings. The monoisotopic (exact) mass is 429 g/mol. The topological polar surface area (TPSA) is 44.8 Å². The van der Waals surface area contributed by atoms with Crippen LogP contribution in [0.1, 0.15) is 36.8 Å².